The maximum atomic E-state index is 13.0. The molecular weight excluding hydrogens is 312 g/mol. The molecule has 0 aromatic carbocycles. The number of nitrogens with zero attached hydrogens (tertiary/aromatic N) is 6. The van der Waals surface area contributed by atoms with Crippen LogP contribution < -0.4 is 13.9 Å². The Labute approximate surface area is 141 Å². The van der Waals surface area contributed by atoms with Crippen molar-refractivity contribution in [3.63, 3.8) is 0 Å². The molecule has 0 aliphatic carbocycles. The second-order valence-corrected chi connectivity index (χ2v) is 7.37. The van der Waals surface area contributed by atoms with Crippen LogP contribution in [0.15, 0.2) is 0 Å². The summed E-state index contributed by atoms with van der Waals surface area (Å²) in [6, 6.07) is 0. The van der Waals surface area contributed by atoms with Crippen molar-refractivity contribution in [3.8, 4) is 0 Å². The fourth-order valence-corrected chi connectivity index (χ4v) is 4.03. The van der Waals surface area contributed by atoms with E-state index in [1.54, 1.807) is 0 Å². The first-order valence-electron chi connectivity index (χ1n) is 8.96. The maximum Gasteiger partial charge on any atom is 0.342 e. The Morgan fingerprint density at radius 1 is 0.458 bits per heavy atom. The second kappa shape index (κ2) is 5.65. The molecule has 0 amide bonds. The van der Waals surface area contributed by atoms with Crippen molar-refractivity contribution in [2.24, 2.45) is 0 Å². The molecule has 0 saturated carbocycles. The van der Waals surface area contributed by atoms with E-state index in [0.717, 1.165) is 38.5 Å². The fourth-order valence-electron chi connectivity index (χ4n) is 4.03. The Balaban J connectivity index is 1.81. The van der Waals surface area contributed by atoms with Gasteiger partial charge in [0.15, 0.2) is 0 Å². The summed E-state index contributed by atoms with van der Waals surface area (Å²) in [5.74, 6) is 0.189. The average molecular weight is 336 g/mol. The van der Waals surface area contributed by atoms with Gasteiger partial charge in [0.1, 0.15) is 0 Å². The molecule has 1 aromatic rings. The van der Waals surface area contributed by atoms with Gasteiger partial charge in [-0.1, -0.05) is 0 Å². The molecule has 0 radical (unpaired) electrons. The molecule has 4 heterocycles. The molecule has 1 aromatic heterocycles. The standard InChI is InChI=1S/C15H24N6O3/c22-19(7-1-2-8-19)13-16-14(20(23)9-3-4-10-20)18-15(17-13)21(24)11-5-6-12-21/h1-12H2. The zero-order valence-electron chi connectivity index (χ0n) is 13.9. The third-order valence-corrected chi connectivity index (χ3v) is 5.56. The van der Waals surface area contributed by atoms with Crippen LogP contribution in [0.5, 0.6) is 0 Å². The highest BCUT2D eigenvalue weighted by Crippen LogP contribution is 2.34. The first-order valence-corrected chi connectivity index (χ1v) is 8.96. The summed E-state index contributed by atoms with van der Waals surface area (Å²) < 4.78 is -1.91. The molecule has 0 bridgehead atoms. The van der Waals surface area contributed by atoms with E-state index in [4.69, 9.17) is 0 Å². The van der Waals surface area contributed by atoms with Gasteiger partial charge in [-0.15, -0.1) is 15.0 Å². The number of aromatic nitrogens is 3. The van der Waals surface area contributed by atoms with Crippen molar-refractivity contribution in [2.45, 2.75) is 38.5 Å². The Kier molecular flexibility index (Phi) is 3.83. The lowest BCUT2D eigenvalue weighted by atomic mass is 10.4. The molecule has 132 valence electrons. The maximum absolute atomic E-state index is 13.0. The molecule has 9 nitrogen and oxygen atoms in total. The molecule has 3 aliphatic heterocycles. The topological polar surface area (TPSA) is 108 Å². The third kappa shape index (κ3) is 2.61. The van der Waals surface area contributed by atoms with E-state index in [0.29, 0.717) is 39.3 Å². The van der Waals surface area contributed by atoms with Gasteiger partial charge in [-0.2, -0.15) is 0 Å². The van der Waals surface area contributed by atoms with E-state index in [9.17, 15) is 15.6 Å². The Hall–Kier alpha value is -1.23. The van der Waals surface area contributed by atoms with Crippen LogP contribution in [0.4, 0.5) is 17.8 Å². The summed E-state index contributed by atoms with van der Waals surface area (Å²) >= 11 is 0. The van der Waals surface area contributed by atoms with Crippen molar-refractivity contribution in [2.75, 3.05) is 39.3 Å². The lowest BCUT2D eigenvalue weighted by molar-refractivity contribution is 0.379. The van der Waals surface area contributed by atoms with Crippen molar-refractivity contribution in [1.29, 1.82) is 0 Å². The molecule has 0 unspecified atom stereocenters. The minimum Gasteiger partial charge on any atom is -0.625 e. The first kappa shape index (κ1) is 16.2. The molecule has 3 aliphatic rings. The second-order valence-electron chi connectivity index (χ2n) is 7.37. The molecular formula is C15H24N6O3. The van der Waals surface area contributed by atoms with Gasteiger partial charge in [-0.05, 0) is 0 Å². The zero-order valence-corrected chi connectivity index (χ0v) is 13.9. The average Bonchev–Trinajstić information content (AvgIpc) is 3.31. The smallest absolute Gasteiger partial charge is 0.342 e. The van der Waals surface area contributed by atoms with E-state index < -0.39 is 13.9 Å². The Bertz CT molecular complexity index is 524. The van der Waals surface area contributed by atoms with E-state index in [1.165, 1.54) is 0 Å². The highest BCUT2D eigenvalue weighted by Gasteiger charge is 2.39. The molecule has 3 saturated heterocycles. The van der Waals surface area contributed by atoms with Crippen LogP contribution in [0, 0.1) is 15.6 Å². The van der Waals surface area contributed by atoms with Crippen LogP contribution in [-0.2, 0) is 0 Å². The van der Waals surface area contributed by atoms with E-state index in [-0.39, 0.29) is 17.8 Å². The molecule has 3 fully saturated rings. The van der Waals surface area contributed by atoms with Gasteiger partial charge in [0.25, 0.3) is 0 Å². The summed E-state index contributed by atoms with van der Waals surface area (Å²) in [6.07, 6.45) is 4.88. The molecule has 24 heavy (non-hydrogen) atoms. The van der Waals surface area contributed by atoms with E-state index >= 15 is 0 Å². The van der Waals surface area contributed by atoms with Crippen LogP contribution in [0.2, 0.25) is 0 Å². The lowest BCUT2D eigenvalue weighted by Crippen LogP contribution is -2.47. The molecule has 0 spiro atoms. The summed E-state index contributed by atoms with van der Waals surface area (Å²) in [5, 5.41) is 39.0. The molecule has 0 N–H and O–H groups in total. The predicted molar refractivity (Wildman–Crippen MR) is 92.2 cm³/mol. The van der Waals surface area contributed by atoms with Gasteiger partial charge in [-0.25, -0.2) is 0 Å². The molecule has 0 atom stereocenters. The SMILES string of the molecule is [O-][N+]1(c2nc([N+]3([O-])CCCC3)nc([N+]3([O-])CCCC3)n2)CCCC1. The fraction of sp³-hybridized carbons (Fsp3) is 0.800. The van der Waals surface area contributed by atoms with Crippen LogP contribution in [0.1, 0.15) is 38.5 Å². The van der Waals surface area contributed by atoms with E-state index in [2.05, 4.69) is 15.0 Å². The Morgan fingerprint density at radius 3 is 0.875 bits per heavy atom. The number of quaternary nitrogens is 3. The molecule has 9 heteroatoms. The van der Waals surface area contributed by atoms with Crippen LogP contribution in [0.3, 0.4) is 0 Å². The van der Waals surface area contributed by atoms with Crippen molar-refractivity contribution in [3.05, 3.63) is 15.6 Å². The van der Waals surface area contributed by atoms with Crippen molar-refractivity contribution in [1.82, 2.24) is 28.9 Å². The minimum atomic E-state index is -0.636. The molecule has 4 rings (SSSR count). The van der Waals surface area contributed by atoms with Gasteiger partial charge in [-0.3, -0.25) is 13.9 Å². The highest BCUT2D eigenvalue weighted by atomic mass is 16.6. The zero-order chi connectivity index (χ0) is 16.8. The minimum absolute atomic E-state index is 0.0630. The Morgan fingerprint density at radius 2 is 0.667 bits per heavy atom. The van der Waals surface area contributed by atoms with Gasteiger partial charge in [0, 0.05) is 38.5 Å². The number of hydrogen-bond acceptors (Lipinski definition) is 6. The van der Waals surface area contributed by atoms with Crippen LogP contribution in [0.25, 0.3) is 0 Å². The highest BCUT2D eigenvalue weighted by molar-refractivity contribution is 5.44. The number of hydroxylamine groups is 6. The summed E-state index contributed by atoms with van der Waals surface area (Å²) in [5.41, 5.74) is 0. The van der Waals surface area contributed by atoms with Crippen molar-refractivity contribution >= 4 is 17.8 Å². The largest absolute Gasteiger partial charge is 0.625 e. The normalized spacial score (nSPS) is 27.6. The van der Waals surface area contributed by atoms with Gasteiger partial charge in [0.05, 0.1) is 39.3 Å². The quantitative estimate of drug-likeness (QED) is 0.613. The van der Waals surface area contributed by atoms with Gasteiger partial charge >= 0.3 is 17.8 Å². The van der Waals surface area contributed by atoms with Crippen molar-refractivity contribution < 1.29 is 0 Å². The van der Waals surface area contributed by atoms with E-state index in [1.807, 2.05) is 0 Å². The van der Waals surface area contributed by atoms with Gasteiger partial charge in [0.2, 0.25) is 0 Å². The van der Waals surface area contributed by atoms with Crippen LogP contribution >= 0.6 is 0 Å². The lowest BCUT2D eigenvalue weighted by Gasteiger charge is -2.40. The summed E-state index contributed by atoms with van der Waals surface area (Å²) in [6.45, 7) is 2.42. The number of hydrogen-bond donors (Lipinski definition) is 0. The first-order chi connectivity index (χ1) is 11.4. The summed E-state index contributed by atoms with van der Waals surface area (Å²) in [7, 11) is 0. The number of rotatable bonds is 3. The predicted octanol–water partition coefficient (Wildman–Crippen LogP) is 1.67. The summed E-state index contributed by atoms with van der Waals surface area (Å²) in [4.78, 5) is 12.9. The third-order valence-electron chi connectivity index (χ3n) is 5.56. The van der Waals surface area contributed by atoms with Gasteiger partial charge < -0.3 is 15.6 Å². The van der Waals surface area contributed by atoms with Crippen LogP contribution in [-0.4, -0.2) is 54.2 Å². The monoisotopic (exact) mass is 336 g/mol.